The summed E-state index contributed by atoms with van der Waals surface area (Å²) in [5.41, 5.74) is 2.50. The van der Waals surface area contributed by atoms with Crippen LogP contribution in [0.3, 0.4) is 0 Å². The Hall–Kier alpha value is -4.51. The van der Waals surface area contributed by atoms with Crippen LogP contribution in [0.25, 0.3) is 17.2 Å². The summed E-state index contributed by atoms with van der Waals surface area (Å²) in [6, 6.07) is 20.8. The second-order valence-electron chi connectivity index (χ2n) is 6.55. The fourth-order valence-electron chi connectivity index (χ4n) is 2.93. The first-order valence-electron chi connectivity index (χ1n) is 9.09. The first kappa shape index (κ1) is 18.8. The van der Waals surface area contributed by atoms with Crippen LogP contribution in [0, 0.1) is 18.3 Å². The van der Waals surface area contributed by atoms with Crippen LogP contribution in [0.5, 0.6) is 0 Å². The van der Waals surface area contributed by atoms with Gasteiger partial charge >= 0.3 is 0 Å². The van der Waals surface area contributed by atoms with Gasteiger partial charge in [-0.25, -0.2) is 4.98 Å². The second-order valence-corrected chi connectivity index (χ2v) is 6.55. The number of nitrogens with one attached hydrogen (secondary N) is 2. The number of benzene rings is 2. The lowest BCUT2D eigenvalue weighted by Crippen LogP contribution is -2.18. The molecule has 0 radical (unpaired) electrons. The van der Waals surface area contributed by atoms with Crippen LogP contribution in [-0.4, -0.2) is 25.7 Å². The Kier molecular flexibility index (Phi) is 4.93. The van der Waals surface area contributed by atoms with E-state index >= 15 is 0 Å². The zero-order valence-electron chi connectivity index (χ0n) is 16.0. The number of carbonyl (C=O) groups is 1. The third-order valence-corrected chi connectivity index (χ3v) is 4.35. The van der Waals surface area contributed by atoms with Crippen molar-refractivity contribution in [3.05, 3.63) is 93.9 Å². The number of anilines is 1. The van der Waals surface area contributed by atoms with E-state index < -0.39 is 0 Å². The van der Waals surface area contributed by atoms with Gasteiger partial charge in [0.15, 0.2) is 0 Å². The Labute approximate surface area is 171 Å². The van der Waals surface area contributed by atoms with E-state index in [-0.39, 0.29) is 17.4 Å². The number of hydrogen-bond acceptors (Lipinski definition) is 5. The van der Waals surface area contributed by atoms with Gasteiger partial charge in [0, 0.05) is 29.0 Å². The maximum absolute atomic E-state index is 12.7. The molecule has 0 bridgehead atoms. The normalized spacial score (nSPS) is 10.4. The van der Waals surface area contributed by atoms with Crippen molar-refractivity contribution in [1.29, 1.82) is 5.26 Å². The lowest BCUT2D eigenvalue weighted by atomic mass is 10.1. The van der Waals surface area contributed by atoms with Crippen molar-refractivity contribution in [2.24, 2.45) is 0 Å². The molecule has 0 aliphatic rings. The Bertz CT molecular complexity index is 1310. The first-order valence-corrected chi connectivity index (χ1v) is 9.09. The third kappa shape index (κ3) is 3.86. The predicted molar refractivity (Wildman–Crippen MR) is 111 cm³/mol. The average Bonchev–Trinajstić information content (AvgIpc) is 3.17. The monoisotopic (exact) mass is 396 g/mol. The molecule has 0 spiro atoms. The van der Waals surface area contributed by atoms with Crippen molar-refractivity contribution in [2.45, 2.75) is 6.92 Å². The van der Waals surface area contributed by atoms with E-state index in [4.69, 9.17) is 5.26 Å². The van der Waals surface area contributed by atoms with Crippen molar-refractivity contribution in [1.82, 2.24) is 19.7 Å². The highest BCUT2D eigenvalue weighted by atomic mass is 16.1. The number of nitrogens with zero attached hydrogens (tertiary/aromatic N) is 4. The molecule has 0 fully saturated rings. The molecule has 4 rings (SSSR count). The van der Waals surface area contributed by atoms with E-state index in [1.807, 2.05) is 36.4 Å². The van der Waals surface area contributed by atoms with Crippen molar-refractivity contribution in [3.63, 3.8) is 0 Å². The second kappa shape index (κ2) is 7.85. The van der Waals surface area contributed by atoms with Crippen molar-refractivity contribution >= 4 is 11.7 Å². The van der Waals surface area contributed by atoms with Crippen LogP contribution >= 0.6 is 0 Å². The van der Waals surface area contributed by atoms with Crippen molar-refractivity contribution in [2.75, 3.05) is 5.32 Å². The molecule has 8 heteroatoms. The lowest BCUT2D eigenvalue weighted by molar-refractivity contribution is 0.102. The number of nitriles is 1. The molecule has 0 saturated carbocycles. The molecule has 2 aromatic heterocycles. The standard InChI is InChI=1S/C22H16N6O2/c1-14-11-20(29)26-22(24-14)28-19(12-18(27-28)16-5-3-2-4-6-16)25-21(30)17-9-7-15(13-23)8-10-17/h2-12H,1H3,(H,25,30)(H,24,26,29). The van der Waals surface area contributed by atoms with Crippen LogP contribution in [0.4, 0.5) is 5.82 Å². The number of rotatable bonds is 4. The Balaban J connectivity index is 1.76. The Morgan fingerprint density at radius 1 is 1.10 bits per heavy atom. The van der Waals surface area contributed by atoms with Gasteiger partial charge in [-0.3, -0.25) is 14.6 Å². The number of amides is 1. The summed E-state index contributed by atoms with van der Waals surface area (Å²) in [6.07, 6.45) is 0. The van der Waals surface area contributed by atoms with Crippen molar-refractivity contribution in [3.8, 4) is 23.3 Å². The summed E-state index contributed by atoms with van der Waals surface area (Å²) in [6.45, 7) is 1.70. The molecule has 0 atom stereocenters. The summed E-state index contributed by atoms with van der Waals surface area (Å²) in [5, 5.41) is 16.3. The minimum absolute atomic E-state index is 0.192. The van der Waals surface area contributed by atoms with E-state index in [0.29, 0.717) is 28.3 Å². The van der Waals surface area contributed by atoms with Gasteiger partial charge in [0.05, 0.1) is 17.3 Å². The van der Waals surface area contributed by atoms with Crippen molar-refractivity contribution < 1.29 is 4.79 Å². The largest absolute Gasteiger partial charge is 0.306 e. The third-order valence-electron chi connectivity index (χ3n) is 4.35. The Morgan fingerprint density at radius 2 is 1.83 bits per heavy atom. The molecule has 4 aromatic rings. The number of aryl methyl sites for hydroxylation is 1. The van der Waals surface area contributed by atoms with Gasteiger partial charge in [-0.1, -0.05) is 30.3 Å². The summed E-state index contributed by atoms with van der Waals surface area (Å²) < 4.78 is 1.39. The topological polar surface area (TPSA) is 116 Å². The number of carbonyl (C=O) groups excluding carboxylic acids is 1. The SMILES string of the molecule is Cc1cc(=O)[nH]c(-n2nc(-c3ccccc3)cc2NC(=O)c2ccc(C#N)cc2)n1. The van der Waals surface area contributed by atoms with Crippen LogP contribution in [0.2, 0.25) is 0 Å². The molecular weight excluding hydrogens is 380 g/mol. The Morgan fingerprint density at radius 3 is 2.50 bits per heavy atom. The van der Waals surface area contributed by atoms with Gasteiger partial charge in [-0.15, -0.1) is 0 Å². The number of aromatic nitrogens is 4. The first-order chi connectivity index (χ1) is 14.5. The average molecular weight is 396 g/mol. The minimum atomic E-state index is -0.379. The zero-order chi connectivity index (χ0) is 21.1. The smallest absolute Gasteiger partial charge is 0.256 e. The minimum Gasteiger partial charge on any atom is -0.306 e. The van der Waals surface area contributed by atoms with Gasteiger partial charge in [0.25, 0.3) is 11.5 Å². The highest BCUT2D eigenvalue weighted by molar-refractivity contribution is 6.04. The maximum atomic E-state index is 12.7. The molecule has 30 heavy (non-hydrogen) atoms. The number of aromatic amines is 1. The van der Waals surface area contributed by atoms with Gasteiger partial charge in [0.1, 0.15) is 5.82 Å². The van der Waals surface area contributed by atoms with E-state index in [0.717, 1.165) is 5.56 Å². The molecule has 0 aliphatic carbocycles. The number of H-pyrrole nitrogens is 1. The highest BCUT2D eigenvalue weighted by Gasteiger charge is 2.16. The fraction of sp³-hybridized carbons (Fsp3) is 0.0455. The maximum Gasteiger partial charge on any atom is 0.256 e. The summed E-state index contributed by atoms with van der Waals surface area (Å²) in [7, 11) is 0. The van der Waals surface area contributed by atoms with E-state index in [1.54, 1.807) is 37.3 Å². The van der Waals surface area contributed by atoms with E-state index in [2.05, 4.69) is 20.4 Å². The van der Waals surface area contributed by atoms with Crippen LogP contribution in [-0.2, 0) is 0 Å². The molecule has 0 aliphatic heterocycles. The van der Waals surface area contributed by atoms with E-state index in [9.17, 15) is 9.59 Å². The van der Waals surface area contributed by atoms with Gasteiger partial charge in [-0.05, 0) is 31.2 Å². The lowest BCUT2D eigenvalue weighted by Gasteiger charge is -2.08. The summed E-state index contributed by atoms with van der Waals surface area (Å²) >= 11 is 0. The molecule has 2 aromatic carbocycles. The van der Waals surface area contributed by atoms with Gasteiger partial charge < -0.3 is 5.32 Å². The fourth-order valence-corrected chi connectivity index (χ4v) is 2.93. The van der Waals surface area contributed by atoms with Crippen LogP contribution in [0.15, 0.2) is 71.5 Å². The molecule has 1 amide bonds. The van der Waals surface area contributed by atoms with Crippen LogP contribution < -0.4 is 10.9 Å². The molecule has 0 unspecified atom stereocenters. The highest BCUT2D eigenvalue weighted by Crippen LogP contribution is 2.24. The predicted octanol–water partition coefficient (Wildman–Crippen LogP) is 3.06. The summed E-state index contributed by atoms with van der Waals surface area (Å²) in [5.74, 6) is 0.157. The summed E-state index contributed by atoms with van der Waals surface area (Å²) in [4.78, 5) is 31.7. The van der Waals surface area contributed by atoms with Gasteiger partial charge in [0.2, 0.25) is 5.95 Å². The molecular formula is C22H16N6O2. The quantitative estimate of drug-likeness (QED) is 0.550. The molecule has 2 heterocycles. The molecule has 8 nitrogen and oxygen atoms in total. The zero-order valence-corrected chi connectivity index (χ0v) is 16.0. The molecule has 146 valence electrons. The molecule has 0 saturated heterocycles. The molecule has 2 N–H and O–H groups in total. The van der Waals surface area contributed by atoms with E-state index in [1.165, 1.54) is 10.7 Å². The number of hydrogen-bond donors (Lipinski definition) is 2. The van der Waals surface area contributed by atoms with Gasteiger partial charge in [-0.2, -0.15) is 15.0 Å². The van der Waals surface area contributed by atoms with Crippen LogP contribution in [0.1, 0.15) is 21.6 Å².